The first-order valence-corrected chi connectivity index (χ1v) is 7.25. The summed E-state index contributed by atoms with van der Waals surface area (Å²) in [5, 5.41) is 5.19. The summed E-state index contributed by atoms with van der Waals surface area (Å²) in [6.07, 6.45) is 1.68. The first-order chi connectivity index (χ1) is 9.90. The number of amides is 2. The van der Waals surface area contributed by atoms with Crippen molar-refractivity contribution in [1.82, 2.24) is 10.6 Å². The van der Waals surface area contributed by atoms with E-state index >= 15 is 0 Å². The Hall–Kier alpha value is -2.04. The Kier molecular flexibility index (Phi) is 6.72. The second kappa shape index (κ2) is 8.29. The predicted molar refractivity (Wildman–Crippen MR) is 85.4 cm³/mol. The van der Waals surface area contributed by atoms with Crippen LogP contribution in [0.3, 0.4) is 0 Å². The maximum Gasteiger partial charge on any atom is 0.309 e. The van der Waals surface area contributed by atoms with E-state index in [4.69, 9.17) is 0 Å². The van der Waals surface area contributed by atoms with Gasteiger partial charge in [0.2, 0.25) is 0 Å². The molecule has 0 radical (unpaired) electrons. The molecule has 0 aromatic heterocycles. The number of nitrogens with one attached hydrogen (secondary N) is 2. The molecule has 116 valence electrons. The zero-order chi connectivity index (χ0) is 15.8. The lowest BCUT2D eigenvalue weighted by atomic mass is 10.1. The Morgan fingerprint density at radius 2 is 1.71 bits per heavy atom. The molecule has 0 aliphatic heterocycles. The molecule has 0 saturated carbocycles. The molecule has 0 unspecified atom stereocenters. The van der Waals surface area contributed by atoms with E-state index in [1.165, 1.54) is 5.56 Å². The van der Waals surface area contributed by atoms with Crippen LogP contribution in [-0.2, 0) is 16.0 Å². The van der Waals surface area contributed by atoms with Crippen LogP contribution >= 0.6 is 0 Å². The third-order valence-corrected chi connectivity index (χ3v) is 3.01. The summed E-state index contributed by atoms with van der Waals surface area (Å²) < 4.78 is 0. The molecule has 0 aliphatic rings. The van der Waals surface area contributed by atoms with Crippen LogP contribution in [0.25, 0.3) is 0 Å². The number of hydrogen-bond donors (Lipinski definition) is 2. The van der Waals surface area contributed by atoms with Gasteiger partial charge < -0.3 is 15.5 Å². The fourth-order valence-corrected chi connectivity index (χ4v) is 1.86. The van der Waals surface area contributed by atoms with Gasteiger partial charge in [-0.05, 0) is 44.4 Å². The average Bonchev–Trinajstić information content (AvgIpc) is 2.43. The molecule has 0 fully saturated rings. The van der Waals surface area contributed by atoms with Crippen LogP contribution in [0.4, 0.5) is 5.69 Å². The highest BCUT2D eigenvalue weighted by atomic mass is 16.2. The first-order valence-electron chi connectivity index (χ1n) is 7.25. The molecule has 21 heavy (non-hydrogen) atoms. The fourth-order valence-electron chi connectivity index (χ4n) is 1.86. The quantitative estimate of drug-likeness (QED) is 0.614. The van der Waals surface area contributed by atoms with Crippen molar-refractivity contribution in [2.75, 3.05) is 25.5 Å². The van der Waals surface area contributed by atoms with Gasteiger partial charge in [-0.25, -0.2) is 0 Å². The molecule has 1 aromatic carbocycles. The zero-order valence-electron chi connectivity index (χ0n) is 13.3. The van der Waals surface area contributed by atoms with E-state index < -0.39 is 11.8 Å². The highest BCUT2D eigenvalue weighted by molar-refractivity contribution is 6.35. The van der Waals surface area contributed by atoms with E-state index in [0.29, 0.717) is 6.54 Å². The van der Waals surface area contributed by atoms with Crippen molar-refractivity contribution >= 4 is 17.5 Å². The molecule has 0 atom stereocenters. The van der Waals surface area contributed by atoms with Crippen LogP contribution < -0.4 is 15.5 Å². The standard InChI is InChI=1S/C16H25N3O2/c1-12(2)18-16(21)15(20)17-11-5-6-13-7-9-14(10-8-13)19(3)4/h7-10,12H,5-6,11H2,1-4H3,(H,17,20)(H,18,21). The van der Waals surface area contributed by atoms with E-state index in [-0.39, 0.29) is 6.04 Å². The van der Waals surface area contributed by atoms with E-state index in [2.05, 4.69) is 39.8 Å². The molecule has 0 saturated heterocycles. The Morgan fingerprint density at radius 1 is 1.10 bits per heavy atom. The number of benzene rings is 1. The summed E-state index contributed by atoms with van der Waals surface area (Å²) in [5.41, 5.74) is 2.39. The molecule has 2 N–H and O–H groups in total. The molecule has 1 aromatic rings. The highest BCUT2D eigenvalue weighted by Crippen LogP contribution is 2.13. The minimum atomic E-state index is -0.569. The van der Waals surface area contributed by atoms with Crippen molar-refractivity contribution in [2.45, 2.75) is 32.7 Å². The van der Waals surface area contributed by atoms with E-state index in [9.17, 15) is 9.59 Å². The molecule has 1 rings (SSSR count). The van der Waals surface area contributed by atoms with Crippen LogP contribution in [-0.4, -0.2) is 38.5 Å². The Morgan fingerprint density at radius 3 is 2.24 bits per heavy atom. The van der Waals surface area contributed by atoms with Gasteiger partial charge in [0.15, 0.2) is 0 Å². The molecular formula is C16H25N3O2. The number of aryl methyl sites for hydroxylation is 1. The lowest BCUT2D eigenvalue weighted by Crippen LogP contribution is -2.43. The summed E-state index contributed by atoms with van der Waals surface area (Å²) in [7, 11) is 4.01. The van der Waals surface area contributed by atoms with Gasteiger partial charge in [-0.15, -0.1) is 0 Å². The lowest BCUT2D eigenvalue weighted by Gasteiger charge is -2.12. The molecule has 5 heteroatoms. The summed E-state index contributed by atoms with van der Waals surface area (Å²) in [6.45, 7) is 4.14. The van der Waals surface area contributed by atoms with Gasteiger partial charge in [-0.3, -0.25) is 9.59 Å². The van der Waals surface area contributed by atoms with Crippen LogP contribution in [0.1, 0.15) is 25.8 Å². The van der Waals surface area contributed by atoms with Gasteiger partial charge in [-0.2, -0.15) is 0 Å². The number of nitrogens with zero attached hydrogens (tertiary/aromatic N) is 1. The largest absolute Gasteiger partial charge is 0.378 e. The first kappa shape index (κ1) is 17.0. The predicted octanol–water partition coefficient (Wildman–Crippen LogP) is 1.33. The number of hydrogen-bond acceptors (Lipinski definition) is 3. The van der Waals surface area contributed by atoms with Gasteiger partial charge in [0.05, 0.1) is 0 Å². The molecular weight excluding hydrogens is 266 g/mol. The van der Waals surface area contributed by atoms with Gasteiger partial charge >= 0.3 is 11.8 Å². The van der Waals surface area contributed by atoms with Crippen molar-refractivity contribution in [3.63, 3.8) is 0 Å². The number of carbonyl (C=O) groups is 2. The number of rotatable bonds is 6. The number of carbonyl (C=O) groups excluding carboxylic acids is 2. The molecule has 2 amide bonds. The SMILES string of the molecule is CC(C)NC(=O)C(=O)NCCCc1ccc(N(C)C)cc1. The third kappa shape index (κ3) is 6.29. The molecule has 0 aliphatic carbocycles. The van der Waals surface area contributed by atoms with Crippen LogP contribution in [0.2, 0.25) is 0 Å². The summed E-state index contributed by atoms with van der Waals surface area (Å²) in [6, 6.07) is 8.29. The average molecular weight is 291 g/mol. The van der Waals surface area contributed by atoms with E-state index in [1.807, 2.05) is 27.9 Å². The summed E-state index contributed by atoms with van der Waals surface area (Å²) >= 11 is 0. The van der Waals surface area contributed by atoms with Crippen molar-refractivity contribution in [1.29, 1.82) is 0 Å². The highest BCUT2D eigenvalue weighted by Gasteiger charge is 2.12. The van der Waals surface area contributed by atoms with E-state index in [1.54, 1.807) is 0 Å². The summed E-state index contributed by atoms with van der Waals surface area (Å²) in [4.78, 5) is 24.9. The van der Waals surface area contributed by atoms with Crippen molar-refractivity contribution in [2.24, 2.45) is 0 Å². The summed E-state index contributed by atoms with van der Waals surface area (Å²) in [5.74, 6) is -1.13. The van der Waals surface area contributed by atoms with Gasteiger partial charge in [0, 0.05) is 32.4 Å². The van der Waals surface area contributed by atoms with Crippen molar-refractivity contribution in [3.8, 4) is 0 Å². The molecule has 5 nitrogen and oxygen atoms in total. The molecule has 0 bridgehead atoms. The van der Waals surface area contributed by atoms with Crippen LogP contribution in [0.5, 0.6) is 0 Å². The van der Waals surface area contributed by atoms with Crippen molar-refractivity contribution < 1.29 is 9.59 Å². The van der Waals surface area contributed by atoms with Crippen molar-refractivity contribution in [3.05, 3.63) is 29.8 Å². The normalized spacial score (nSPS) is 10.3. The topological polar surface area (TPSA) is 61.4 Å². The smallest absolute Gasteiger partial charge is 0.309 e. The molecule has 0 heterocycles. The van der Waals surface area contributed by atoms with Crippen LogP contribution in [0.15, 0.2) is 24.3 Å². The Bertz CT molecular complexity index is 467. The number of anilines is 1. The second-order valence-corrected chi connectivity index (χ2v) is 5.55. The van der Waals surface area contributed by atoms with Gasteiger partial charge in [0.1, 0.15) is 0 Å². The third-order valence-electron chi connectivity index (χ3n) is 3.01. The van der Waals surface area contributed by atoms with Crippen LogP contribution in [0, 0.1) is 0 Å². The Labute approximate surface area is 126 Å². The minimum Gasteiger partial charge on any atom is -0.378 e. The fraction of sp³-hybridized carbons (Fsp3) is 0.500. The van der Waals surface area contributed by atoms with Gasteiger partial charge in [-0.1, -0.05) is 12.1 Å². The second-order valence-electron chi connectivity index (χ2n) is 5.55. The van der Waals surface area contributed by atoms with E-state index in [0.717, 1.165) is 18.5 Å². The monoisotopic (exact) mass is 291 g/mol. The maximum absolute atomic E-state index is 11.5. The molecule has 0 spiro atoms. The minimum absolute atomic E-state index is 0.0292. The maximum atomic E-state index is 11.5. The van der Waals surface area contributed by atoms with Gasteiger partial charge in [0.25, 0.3) is 0 Å². The Balaban J connectivity index is 2.27. The zero-order valence-corrected chi connectivity index (χ0v) is 13.3. The lowest BCUT2D eigenvalue weighted by molar-refractivity contribution is -0.139.